The Bertz CT molecular complexity index is 1910. The van der Waals surface area contributed by atoms with Gasteiger partial charge in [-0.3, -0.25) is 19.7 Å². The molecule has 1 aromatic carbocycles. The Hall–Kier alpha value is -5.31. The summed E-state index contributed by atoms with van der Waals surface area (Å²) in [6.45, 7) is 8.17. The molecular formula is C41H53N11O4. The third kappa shape index (κ3) is 8.27. The van der Waals surface area contributed by atoms with Crippen LogP contribution in [0, 0.1) is 5.92 Å². The van der Waals surface area contributed by atoms with Crippen LogP contribution in [-0.2, 0) is 9.59 Å². The Balaban J connectivity index is 0.807. The lowest BCUT2D eigenvalue weighted by molar-refractivity contribution is -0.134. The summed E-state index contributed by atoms with van der Waals surface area (Å²) in [6, 6.07) is 12.6. The zero-order valence-corrected chi connectivity index (χ0v) is 32.2. The highest BCUT2D eigenvalue weighted by molar-refractivity contribution is 6.01. The quantitative estimate of drug-likeness (QED) is 0.257. The molecule has 0 bridgehead atoms. The van der Waals surface area contributed by atoms with Crippen molar-refractivity contribution >= 4 is 46.9 Å². The van der Waals surface area contributed by atoms with Crippen LogP contribution >= 0.6 is 0 Å². The fraction of sp³-hybridized carbons (Fsp3) is 0.537. The third-order valence-corrected chi connectivity index (χ3v) is 12.5. The van der Waals surface area contributed by atoms with Gasteiger partial charge in [-0.15, -0.1) is 0 Å². The Morgan fingerprint density at radius 1 is 0.821 bits per heavy atom. The summed E-state index contributed by atoms with van der Waals surface area (Å²) < 4.78 is 0. The number of piperidine rings is 4. The number of benzene rings is 1. The van der Waals surface area contributed by atoms with E-state index in [4.69, 9.17) is 15.7 Å². The van der Waals surface area contributed by atoms with Gasteiger partial charge in [0.25, 0.3) is 5.91 Å². The standard InChI is InChI=1S/C41H53N11O4/c1-48-21-22-52(41(48)56)32-3-2-16-51(26-32)35-24-44-37(38(42)54)39(46-35)45-31-7-4-28(5-8-31)29-14-17-49(18-15-29)25-27-12-19-50(20-13-27)34-10-6-30(23-43-34)33-9-11-36(53)47-40(33)55/h4-8,10,23-24,27,29,32-33H,2-3,9,11-22,25-26H2,1H3,(H2,42,54)(H,45,46)(H,47,53,55)/t32-,33+/m1/s1. The maximum Gasteiger partial charge on any atom is 0.320 e. The molecule has 0 saturated carbocycles. The SMILES string of the molecule is CN1CCN([C@@H]2CCCN(c3cnc(C(N)=O)c(Nc4ccc(C5CCN(CC6CCN(c7ccc([C@@H]8CCC(=O)NC8=O)cn7)CC6)CC5)cc4)n3)C2)C1=O. The zero-order valence-electron chi connectivity index (χ0n) is 32.2. The fourth-order valence-corrected chi connectivity index (χ4v) is 9.16. The summed E-state index contributed by atoms with van der Waals surface area (Å²) in [5, 5.41) is 5.75. The smallest absolute Gasteiger partial charge is 0.320 e. The van der Waals surface area contributed by atoms with Crippen molar-refractivity contribution in [2.24, 2.45) is 11.7 Å². The van der Waals surface area contributed by atoms with Gasteiger partial charge < -0.3 is 35.6 Å². The van der Waals surface area contributed by atoms with Gasteiger partial charge in [0.1, 0.15) is 11.6 Å². The Morgan fingerprint density at radius 2 is 1.59 bits per heavy atom. The number of carbonyl (C=O) groups is 4. The summed E-state index contributed by atoms with van der Waals surface area (Å²) in [4.78, 5) is 73.6. The van der Waals surface area contributed by atoms with Crippen molar-refractivity contribution in [3.05, 3.63) is 65.6 Å². The highest BCUT2D eigenvalue weighted by Gasteiger charge is 2.35. The van der Waals surface area contributed by atoms with E-state index in [0.29, 0.717) is 42.9 Å². The first-order chi connectivity index (χ1) is 27.2. The van der Waals surface area contributed by atoms with E-state index in [1.54, 1.807) is 17.3 Å². The number of rotatable bonds is 10. The van der Waals surface area contributed by atoms with Gasteiger partial charge in [-0.2, -0.15) is 0 Å². The summed E-state index contributed by atoms with van der Waals surface area (Å²) in [6.07, 6.45) is 10.7. The molecular weight excluding hydrogens is 711 g/mol. The monoisotopic (exact) mass is 763 g/mol. The number of amides is 5. The maximum absolute atomic E-state index is 12.7. The fourth-order valence-electron chi connectivity index (χ4n) is 9.16. The molecule has 0 spiro atoms. The van der Waals surface area contributed by atoms with Gasteiger partial charge in [0.15, 0.2) is 11.5 Å². The molecule has 15 heteroatoms. The van der Waals surface area contributed by atoms with Crippen LogP contribution in [0.5, 0.6) is 0 Å². The molecule has 5 saturated heterocycles. The summed E-state index contributed by atoms with van der Waals surface area (Å²) in [5.41, 5.74) is 8.81. The van der Waals surface area contributed by atoms with Gasteiger partial charge in [-0.1, -0.05) is 18.2 Å². The molecule has 2 atom stereocenters. The number of primary amides is 1. The maximum atomic E-state index is 12.7. The van der Waals surface area contributed by atoms with E-state index in [1.807, 2.05) is 36.2 Å². The van der Waals surface area contributed by atoms with E-state index in [9.17, 15) is 19.2 Å². The van der Waals surface area contributed by atoms with Gasteiger partial charge in [0.2, 0.25) is 11.8 Å². The van der Waals surface area contributed by atoms with Crippen molar-refractivity contribution in [2.45, 2.75) is 69.2 Å². The predicted molar refractivity (Wildman–Crippen MR) is 213 cm³/mol. The van der Waals surface area contributed by atoms with E-state index in [-0.39, 0.29) is 35.5 Å². The second-order valence-electron chi connectivity index (χ2n) is 16.1. The van der Waals surface area contributed by atoms with E-state index in [2.05, 4.69) is 42.5 Å². The van der Waals surface area contributed by atoms with Crippen LogP contribution in [0.15, 0.2) is 48.8 Å². The van der Waals surface area contributed by atoms with Gasteiger partial charge in [-0.05, 0) is 99.2 Å². The molecule has 4 N–H and O–H groups in total. The molecule has 0 radical (unpaired) electrons. The largest absolute Gasteiger partial charge is 0.364 e. The average Bonchev–Trinajstić information content (AvgIpc) is 3.56. The number of pyridine rings is 1. The van der Waals surface area contributed by atoms with Crippen LogP contribution in [0.4, 0.5) is 27.9 Å². The normalized spacial score (nSPS) is 23.1. The molecule has 3 aromatic rings. The second kappa shape index (κ2) is 16.4. The summed E-state index contributed by atoms with van der Waals surface area (Å²) >= 11 is 0. The number of likely N-dealkylation sites (tertiary alicyclic amines) is 1. The highest BCUT2D eigenvalue weighted by Crippen LogP contribution is 2.33. The second-order valence-corrected chi connectivity index (χ2v) is 16.1. The molecule has 56 heavy (non-hydrogen) atoms. The molecule has 0 aliphatic carbocycles. The van der Waals surface area contributed by atoms with E-state index < -0.39 is 5.91 Å². The van der Waals surface area contributed by atoms with Crippen molar-refractivity contribution in [3.8, 4) is 0 Å². The van der Waals surface area contributed by atoms with Gasteiger partial charge in [-0.25, -0.2) is 19.7 Å². The lowest BCUT2D eigenvalue weighted by atomic mass is 9.88. The Morgan fingerprint density at radius 3 is 2.27 bits per heavy atom. The van der Waals surface area contributed by atoms with Crippen molar-refractivity contribution in [1.82, 2.24) is 35.0 Å². The third-order valence-electron chi connectivity index (χ3n) is 12.5. The Labute approximate surface area is 328 Å². The minimum atomic E-state index is -0.641. The first-order valence-corrected chi connectivity index (χ1v) is 20.3. The van der Waals surface area contributed by atoms with Crippen molar-refractivity contribution in [3.63, 3.8) is 0 Å². The minimum Gasteiger partial charge on any atom is -0.364 e. The number of carbonyl (C=O) groups excluding carboxylic acids is 4. The highest BCUT2D eigenvalue weighted by atomic mass is 16.2. The van der Waals surface area contributed by atoms with Gasteiger partial charge in [0.05, 0.1) is 18.2 Å². The molecule has 7 heterocycles. The number of imide groups is 1. The molecule has 5 aliphatic heterocycles. The molecule has 5 aliphatic rings. The lowest BCUT2D eigenvalue weighted by Gasteiger charge is -2.38. The number of urea groups is 1. The molecule has 2 aromatic heterocycles. The zero-order chi connectivity index (χ0) is 38.8. The van der Waals surface area contributed by atoms with Gasteiger partial charge in [0, 0.05) is 71.2 Å². The van der Waals surface area contributed by atoms with Crippen molar-refractivity contribution in [2.75, 3.05) is 81.1 Å². The Kier molecular flexibility index (Phi) is 11.0. The van der Waals surface area contributed by atoms with E-state index in [1.165, 1.54) is 5.56 Å². The van der Waals surface area contributed by atoms with E-state index in [0.717, 1.165) is 108 Å². The number of nitrogens with zero attached hydrogens (tertiary/aromatic N) is 8. The van der Waals surface area contributed by atoms with Crippen LogP contribution in [0.2, 0.25) is 0 Å². The molecule has 8 rings (SSSR count). The summed E-state index contributed by atoms with van der Waals surface area (Å²) in [5.74, 6) is 1.73. The van der Waals surface area contributed by atoms with Crippen molar-refractivity contribution in [1.29, 1.82) is 0 Å². The molecule has 15 nitrogen and oxygen atoms in total. The molecule has 0 unspecified atom stereocenters. The molecule has 5 fully saturated rings. The number of anilines is 4. The molecule has 296 valence electrons. The number of hydrogen-bond donors (Lipinski definition) is 3. The summed E-state index contributed by atoms with van der Waals surface area (Å²) in [7, 11) is 1.84. The number of aromatic nitrogens is 3. The first-order valence-electron chi connectivity index (χ1n) is 20.3. The molecule has 5 amide bonds. The predicted octanol–water partition coefficient (Wildman–Crippen LogP) is 3.67. The van der Waals surface area contributed by atoms with E-state index >= 15 is 0 Å². The van der Waals surface area contributed by atoms with Crippen molar-refractivity contribution < 1.29 is 19.2 Å². The minimum absolute atomic E-state index is 0.0736. The number of likely N-dealkylation sites (N-methyl/N-ethyl adjacent to an activating group) is 1. The van der Waals surface area contributed by atoms with Crippen LogP contribution in [0.1, 0.15) is 84.8 Å². The number of nitrogens with two attached hydrogens (primary N) is 1. The van der Waals surface area contributed by atoms with Crippen LogP contribution in [0.25, 0.3) is 0 Å². The van der Waals surface area contributed by atoms with Crippen LogP contribution in [0.3, 0.4) is 0 Å². The number of hydrogen-bond acceptors (Lipinski definition) is 11. The number of nitrogens with one attached hydrogen (secondary N) is 2. The topological polar surface area (TPSA) is 173 Å². The lowest BCUT2D eigenvalue weighted by Crippen LogP contribution is -2.49. The average molecular weight is 764 g/mol. The van der Waals surface area contributed by atoms with Crippen LogP contribution in [-0.4, -0.2) is 125 Å². The van der Waals surface area contributed by atoms with Gasteiger partial charge >= 0.3 is 6.03 Å². The van der Waals surface area contributed by atoms with Crippen LogP contribution < -0.4 is 26.2 Å². The first kappa shape index (κ1) is 37.6.